The van der Waals surface area contributed by atoms with Crippen molar-refractivity contribution in [3.05, 3.63) is 34.5 Å². The zero-order chi connectivity index (χ0) is 20.5. The van der Waals surface area contributed by atoms with Crippen molar-refractivity contribution < 1.29 is 18.0 Å². The van der Waals surface area contributed by atoms with Gasteiger partial charge in [-0.05, 0) is 26.7 Å². The van der Waals surface area contributed by atoms with Crippen LogP contribution in [-0.2, 0) is 12.7 Å². The summed E-state index contributed by atoms with van der Waals surface area (Å²) in [6, 6.07) is 0.847. The summed E-state index contributed by atoms with van der Waals surface area (Å²) < 4.78 is 40.5. The normalized spacial score (nSPS) is 15.7. The predicted molar refractivity (Wildman–Crippen MR) is 97.4 cm³/mol. The second-order valence-corrected chi connectivity index (χ2v) is 6.98. The van der Waals surface area contributed by atoms with Gasteiger partial charge in [0.1, 0.15) is 17.3 Å². The van der Waals surface area contributed by atoms with Crippen LogP contribution in [0.2, 0.25) is 5.02 Å². The highest BCUT2D eigenvalue weighted by atomic mass is 35.5. The average molecular weight is 417 g/mol. The van der Waals surface area contributed by atoms with Crippen LogP contribution in [0, 0.1) is 6.92 Å². The van der Waals surface area contributed by atoms with Crippen molar-refractivity contribution in [1.29, 1.82) is 0 Å². The van der Waals surface area contributed by atoms with Crippen molar-refractivity contribution in [3.8, 4) is 0 Å². The van der Waals surface area contributed by atoms with Crippen LogP contribution in [-0.4, -0.2) is 44.8 Å². The fourth-order valence-corrected chi connectivity index (χ4v) is 3.32. The van der Waals surface area contributed by atoms with E-state index in [0.717, 1.165) is 6.07 Å². The minimum absolute atomic E-state index is 0.0707. The van der Waals surface area contributed by atoms with Gasteiger partial charge in [-0.3, -0.25) is 9.48 Å². The molecule has 2 aromatic heterocycles. The number of carbonyl (C=O) groups excluding carboxylic acids is 1. The van der Waals surface area contributed by atoms with E-state index in [4.69, 9.17) is 11.6 Å². The summed E-state index contributed by atoms with van der Waals surface area (Å²) >= 11 is 6.05. The second kappa shape index (κ2) is 7.94. The Labute approximate surface area is 164 Å². The van der Waals surface area contributed by atoms with Gasteiger partial charge in [-0.15, -0.1) is 0 Å². The van der Waals surface area contributed by atoms with Crippen LogP contribution in [0.4, 0.5) is 19.0 Å². The Morgan fingerprint density at radius 2 is 2.00 bits per heavy atom. The average Bonchev–Trinajstić information content (AvgIpc) is 3.02. The SMILES string of the molecule is CCn1cc(Cl)c(C(=O)NC2CCN(c3cc(C(F)(F)F)nc(C)n3)CC2)n1. The molecule has 1 N–H and O–H groups in total. The van der Waals surface area contributed by atoms with E-state index in [1.165, 1.54) is 6.92 Å². The predicted octanol–water partition coefficient (Wildman–Crippen LogP) is 3.07. The highest BCUT2D eigenvalue weighted by molar-refractivity contribution is 6.33. The molecule has 0 aromatic carbocycles. The minimum atomic E-state index is -4.52. The van der Waals surface area contributed by atoms with Crippen molar-refractivity contribution >= 4 is 23.3 Å². The first kappa shape index (κ1) is 20.4. The molecule has 0 bridgehead atoms. The summed E-state index contributed by atoms with van der Waals surface area (Å²) in [6.07, 6.45) is -1.78. The Morgan fingerprint density at radius 3 is 2.57 bits per heavy atom. The van der Waals surface area contributed by atoms with Crippen molar-refractivity contribution in [2.24, 2.45) is 0 Å². The molecule has 1 aliphatic heterocycles. The van der Waals surface area contributed by atoms with Crippen molar-refractivity contribution in [2.45, 2.75) is 45.5 Å². The van der Waals surface area contributed by atoms with E-state index in [1.54, 1.807) is 15.8 Å². The van der Waals surface area contributed by atoms with Crippen molar-refractivity contribution in [2.75, 3.05) is 18.0 Å². The summed E-state index contributed by atoms with van der Waals surface area (Å²) in [7, 11) is 0. The van der Waals surface area contributed by atoms with Gasteiger partial charge in [0.05, 0.1) is 5.02 Å². The topological polar surface area (TPSA) is 75.9 Å². The quantitative estimate of drug-likeness (QED) is 0.829. The van der Waals surface area contributed by atoms with Gasteiger partial charge in [-0.1, -0.05) is 11.6 Å². The Kier molecular flexibility index (Phi) is 5.78. The highest BCUT2D eigenvalue weighted by Crippen LogP contribution is 2.30. The van der Waals surface area contributed by atoms with Crippen LogP contribution >= 0.6 is 11.6 Å². The molecule has 2 aromatic rings. The van der Waals surface area contributed by atoms with E-state index >= 15 is 0 Å². The van der Waals surface area contributed by atoms with Crippen LogP contribution in [0.15, 0.2) is 12.3 Å². The molecule has 7 nitrogen and oxygen atoms in total. The Morgan fingerprint density at radius 1 is 1.32 bits per heavy atom. The van der Waals surface area contributed by atoms with Gasteiger partial charge in [0.2, 0.25) is 0 Å². The number of hydrogen-bond donors (Lipinski definition) is 1. The number of nitrogens with one attached hydrogen (secondary N) is 1. The van der Waals surface area contributed by atoms with Gasteiger partial charge in [0.15, 0.2) is 5.69 Å². The number of hydrogen-bond acceptors (Lipinski definition) is 5. The molecule has 0 aliphatic carbocycles. The molecule has 1 amide bonds. The summed E-state index contributed by atoms with van der Waals surface area (Å²) in [5.74, 6) is -0.0383. The summed E-state index contributed by atoms with van der Waals surface area (Å²) in [5, 5.41) is 7.32. The number of aromatic nitrogens is 4. The number of anilines is 1. The number of amides is 1. The molecular formula is C17H20ClF3N6O. The third kappa shape index (κ3) is 4.54. The molecule has 0 spiro atoms. The third-order valence-electron chi connectivity index (χ3n) is 4.53. The van der Waals surface area contributed by atoms with Crippen molar-refractivity contribution in [1.82, 2.24) is 25.1 Å². The Hall–Kier alpha value is -2.36. The first-order chi connectivity index (χ1) is 13.2. The van der Waals surface area contributed by atoms with Gasteiger partial charge in [0, 0.05) is 37.9 Å². The highest BCUT2D eigenvalue weighted by Gasteiger charge is 2.34. The van der Waals surface area contributed by atoms with Gasteiger partial charge >= 0.3 is 6.18 Å². The summed E-state index contributed by atoms with van der Waals surface area (Å²) in [4.78, 5) is 21.7. The summed E-state index contributed by atoms with van der Waals surface area (Å²) in [6.45, 7) is 4.86. The zero-order valence-corrected chi connectivity index (χ0v) is 16.2. The van der Waals surface area contributed by atoms with Crippen LogP contribution in [0.1, 0.15) is 41.8 Å². The third-order valence-corrected chi connectivity index (χ3v) is 4.80. The first-order valence-corrected chi connectivity index (χ1v) is 9.26. The number of halogens is 4. The maximum Gasteiger partial charge on any atom is 0.433 e. The lowest BCUT2D eigenvalue weighted by Crippen LogP contribution is -2.45. The first-order valence-electron chi connectivity index (χ1n) is 8.89. The van der Waals surface area contributed by atoms with Crippen molar-refractivity contribution in [3.63, 3.8) is 0 Å². The Balaban J connectivity index is 1.62. The largest absolute Gasteiger partial charge is 0.433 e. The number of alkyl halides is 3. The molecule has 1 aliphatic rings. The number of carbonyl (C=O) groups is 1. The monoisotopic (exact) mass is 416 g/mol. The molecule has 0 saturated carbocycles. The molecule has 11 heteroatoms. The summed E-state index contributed by atoms with van der Waals surface area (Å²) in [5.41, 5.74) is -0.779. The zero-order valence-electron chi connectivity index (χ0n) is 15.4. The van der Waals surface area contributed by atoms with Crippen LogP contribution in [0.3, 0.4) is 0 Å². The van der Waals surface area contributed by atoms with Gasteiger partial charge in [-0.25, -0.2) is 9.97 Å². The maximum atomic E-state index is 13.0. The van der Waals surface area contributed by atoms with E-state index in [-0.39, 0.29) is 34.3 Å². The molecule has 3 rings (SSSR count). The maximum absolute atomic E-state index is 13.0. The van der Waals surface area contributed by atoms with E-state index < -0.39 is 11.9 Å². The number of aryl methyl sites for hydroxylation is 2. The lowest BCUT2D eigenvalue weighted by Gasteiger charge is -2.33. The standard InChI is InChI=1S/C17H20ClF3N6O/c1-3-27-9-12(18)15(25-27)16(28)24-11-4-6-26(7-5-11)14-8-13(17(19,20)21)22-10(2)23-14/h8-9,11H,3-7H2,1-2H3,(H,24,28). The smallest absolute Gasteiger partial charge is 0.356 e. The number of rotatable bonds is 4. The van der Waals surface area contributed by atoms with E-state index in [2.05, 4.69) is 20.4 Å². The Bertz CT molecular complexity index is 861. The molecule has 28 heavy (non-hydrogen) atoms. The van der Waals surface area contributed by atoms with E-state index in [0.29, 0.717) is 32.5 Å². The number of piperidine rings is 1. The molecule has 152 valence electrons. The molecule has 0 radical (unpaired) electrons. The van der Waals surface area contributed by atoms with Gasteiger partial charge in [-0.2, -0.15) is 18.3 Å². The van der Waals surface area contributed by atoms with E-state index in [9.17, 15) is 18.0 Å². The molecule has 1 saturated heterocycles. The minimum Gasteiger partial charge on any atom is -0.356 e. The lowest BCUT2D eigenvalue weighted by atomic mass is 10.0. The van der Waals surface area contributed by atoms with Crippen LogP contribution in [0.25, 0.3) is 0 Å². The second-order valence-electron chi connectivity index (χ2n) is 6.57. The fourth-order valence-electron chi connectivity index (χ4n) is 3.08. The van der Waals surface area contributed by atoms with Crippen LogP contribution < -0.4 is 10.2 Å². The van der Waals surface area contributed by atoms with Gasteiger partial charge in [0.25, 0.3) is 5.91 Å². The molecular weight excluding hydrogens is 397 g/mol. The molecule has 0 unspecified atom stereocenters. The number of nitrogens with zero attached hydrogens (tertiary/aromatic N) is 5. The van der Waals surface area contributed by atoms with Crippen LogP contribution in [0.5, 0.6) is 0 Å². The molecule has 1 fully saturated rings. The van der Waals surface area contributed by atoms with E-state index in [1.807, 2.05) is 6.92 Å². The fraction of sp³-hybridized carbons (Fsp3) is 0.529. The lowest BCUT2D eigenvalue weighted by molar-refractivity contribution is -0.141. The van der Waals surface area contributed by atoms with Gasteiger partial charge < -0.3 is 10.2 Å². The molecule has 0 atom stereocenters. The molecule has 3 heterocycles.